The fraction of sp³-hybridized carbons (Fsp3) is 0.750. The van der Waals surface area contributed by atoms with Crippen molar-refractivity contribution in [1.29, 1.82) is 0 Å². The van der Waals surface area contributed by atoms with Crippen molar-refractivity contribution in [3.05, 3.63) is 18.0 Å². The minimum atomic E-state index is -2.98. The van der Waals surface area contributed by atoms with Crippen molar-refractivity contribution in [2.24, 2.45) is 0 Å². The van der Waals surface area contributed by atoms with Crippen LogP contribution in [0.4, 0.5) is 4.79 Å². The quantitative estimate of drug-likeness (QED) is 0.788. The summed E-state index contributed by atoms with van der Waals surface area (Å²) in [6.07, 6.45) is 3.90. The Hall–Kier alpha value is -1.61. The molecule has 3 rings (SSSR count). The molecule has 0 saturated carbocycles. The summed E-state index contributed by atoms with van der Waals surface area (Å²) in [5.41, 5.74) is 1.06. The number of likely N-dealkylation sites (tertiary alicyclic amines) is 1. The molecule has 140 valence electrons. The molecule has 0 bridgehead atoms. The normalized spacial score (nSPS) is 21.3. The summed E-state index contributed by atoms with van der Waals surface area (Å²) >= 11 is 0. The van der Waals surface area contributed by atoms with E-state index in [1.165, 1.54) is 0 Å². The zero-order valence-electron chi connectivity index (χ0n) is 14.7. The average molecular weight is 369 g/mol. The van der Waals surface area contributed by atoms with Crippen LogP contribution in [0.15, 0.2) is 12.3 Å². The van der Waals surface area contributed by atoms with E-state index in [0.29, 0.717) is 26.2 Å². The number of hydrogen-bond acceptors (Lipinski definition) is 5. The number of nitrogens with one attached hydrogen (secondary N) is 1. The third-order valence-corrected chi connectivity index (χ3v) is 6.68. The number of carbonyl (C=O) groups excluding carboxylic acids is 1. The second kappa shape index (κ2) is 7.74. The number of rotatable bonds is 6. The maximum Gasteiger partial charge on any atom is 0.317 e. The molecule has 1 atom stereocenters. The van der Waals surface area contributed by atoms with E-state index >= 15 is 0 Å². The third-order valence-electron chi connectivity index (χ3n) is 4.99. The van der Waals surface area contributed by atoms with Crippen molar-refractivity contribution in [1.82, 2.24) is 24.9 Å². The van der Waals surface area contributed by atoms with Crippen LogP contribution in [0.2, 0.25) is 0 Å². The molecular weight excluding hydrogens is 342 g/mol. The molecule has 25 heavy (non-hydrogen) atoms. The van der Waals surface area contributed by atoms with Gasteiger partial charge >= 0.3 is 6.03 Å². The van der Waals surface area contributed by atoms with E-state index in [2.05, 4.69) is 15.3 Å². The Balaban J connectivity index is 1.59. The number of sulfone groups is 1. The molecular formula is C16H27N5O3S. The lowest BCUT2D eigenvalue weighted by atomic mass is 10.2. The maximum atomic E-state index is 12.2. The molecule has 0 aromatic carbocycles. The zero-order chi connectivity index (χ0) is 17.9. The molecule has 0 radical (unpaired) electrons. The van der Waals surface area contributed by atoms with Gasteiger partial charge in [0, 0.05) is 51.2 Å². The topological polar surface area (TPSA) is 87.5 Å². The van der Waals surface area contributed by atoms with Crippen LogP contribution in [0.3, 0.4) is 0 Å². The monoisotopic (exact) mass is 369 g/mol. The summed E-state index contributed by atoms with van der Waals surface area (Å²) in [5.74, 6) is 0.346. The molecule has 0 unspecified atom stereocenters. The highest BCUT2D eigenvalue weighted by Gasteiger charge is 2.27. The van der Waals surface area contributed by atoms with Gasteiger partial charge in [-0.15, -0.1) is 0 Å². The van der Waals surface area contributed by atoms with E-state index in [1.54, 1.807) is 13.1 Å². The SMILES string of the molecule is CCS(=O)(=O)CCN1Cc2ccnn2[C@H](CNC(=O)N2CCCC2)C1. The van der Waals surface area contributed by atoms with E-state index < -0.39 is 9.84 Å². The molecule has 1 aromatic rings. The molecule has 0 spiro atoms. The van der Waals surface area contributed by atoms with E-state index in [-0.39, 0.29) is 23.6 Å². The van der Waals surface area contributed by atoms with E-state index in [9.17, 15) is 13.2 Å². The molecule has 8 nitrogen and oxygen atoms in total. The predicted molar refractivity (Wildman–Crippen MR) is 95.1 cm³/mol. The Kier molecular flexibility index (Phi) is 5.63. The van der Waals surface area contributed by atoms with Gasteiger partial charge in [-0.1, -0.05) is 6.92 Å². The average Bonchev–Trinajstić information content (AvgIpc) is 3.29. The Morgan fingerprint density at radius 3 is 2.84 bits per heavy atom. The van der Waals surface area contributed by atoms with Crippen LogP contribution >= 0.6 is 0 Å². The number of carbonyl (C=O) groups is 1. The van der Waals surface area contributed by atoms with Gasteiger partial charge in [-0.05, 0) is 18.9 Å². The molecule has 0 aliphatic carbocycles. The second-order valence-corrected chi connectivity index (χ2v) is 9.25. The molecule has 1 N–H and O–H groups in total. The lowest BCUT2D eigenvalue weighted by Gasteiger charge is -2.34. The van der Waals surface area contributed by atoms with Gasteiger partial charge in [-0.3, -0.25) is 9.58 Å². The van der Waals surface area contributed by atoms with Gasteiger partial charge < -0.3 is 10.2 Å². The van der Waals surface area contributed by atoms with Gasteiger partial charge in [-0.2, -0.15) is 5.10 Å². The summed E-state index contributed by atoms with van der Waals surface area (Å²) in [7, 11) is -2.98. The zero-order valence-corrected chi connectivity index (χ0v) is 15.5. The minimum Gasteiger partial charge on any atom is -0.336 e. The highest BCUT2D eigenvalue weighted by Crippen LogP contribution is 2.20. The van der Waals surface area contributed by atoms with Crippen molar-refractivity contribution in [3.63, 3.8) is 0 Å². The van der Waals surface area contributed by atoms with Crippen LogP contribution in [0.5, 0.6) is 0 Å². The molecule has 2 aliphatic heterocycles. The molecule has 3 heterocycles. The van der Waals surface area contributed by atoms with Crippen molar-refractivity contribution in [3.8, 4) is 0 Å². The Morgan fingerprint density at radius 2 is 2.12 bits per heavy atom. The smallest absolute Gasteiger partial charge is 0.317 e. The first-order valence-corrected chi connectivity index (χ1v) is 10.8. The van der Waals surface area contributed by atoms with Crippen LogP contribution in [0.1, 0.15) is 31.5 Å². The van der Waals surface area contributed by atoms with Crippen molar-refractivity contribution >= 4 is 15.9 Å². The predicted octanol–water partition coefficient (Wildman–Crippen LogP) is 0.480. The summed E-state index contributed by atoms with van der Waals surface area (Å²) in [6.45, 7) is 5.72. The second-order valence-electron chi connectivity index (χ2n) is 6.77. The van der Waals surface area contributed by atoms with Crippen LogP contribution in [-0.4, -0.2) is 78.3 Å². The number of hydrogen-bond donors (Lipinski definition) is 1. The van der Waals surface area contributed by atoms with E-state index in [4.69, 9.17) is 0 Å². The van der Waals surface area contributed by atoms with Crippen LogP contribution in [0, 0.1) is 0 Å². The molecule has 2 amide bonds. The van der Waals surface area contributed by atoms with Gasteiger partial charge in [0.1, 0.15) is 0 Å². The maximum absolute atomic E-state index is 12.2. The number of urea groups is 1. The Bertz CT molecular complexity index is 696. The first-order chi connectivity index (χ1) is 12.0. The van der Waals surface area contributed by atoms with Gasteiger partial charge in [-0.25, -0.2) is 13.2 Å². The Labute approximate surface area is 149 Å². The summed E-state index contributed by atoms with van der Waals surface area (Å²) in [5, 5.41) is 7.39. The van der Waals surface area contributed by atoms with Crippen LogP contribution < -0.4 is 5.32 Å². The van der Waals surface area contributed by atoms with Crippen LogP contribution in [-0.2, 0) is 16.4 Å². The highest BCUT2D eigenvalue weighted by atomic mass is 32.2. The van der Waals surface area contributed by atoms with Crippen molar-refractivity contribution in [2.45, 2.75) is 32.4 Å². The standard InChI is InChI=1S/C16H27N5O3S/c1-2-25(23,24)10-9-19-12-14-5-6-18-21(14)15(13-19)11-17-16(22)20-7-3-4-8-20/h5-6,15H,2-4,7-13H2,1H3,(H,17,22)/t15-/m1/s1. The third kappa shape index (κ3) is 4.52. The number of nitrogens with zero attached hydrogens (tertiary/aromatic N) is 4. The largest absolute Gasteiger partial charge is 0.336 e. The van der Waals surface area contributed by atoms with Crippen molar-refractivity contribution < 1.29 is 13.2 Å². The minimum absolute atomic E-state index is 0.0168. The van der Waals surface area contributed by atoms with Crippen molar-refractivity contribution in [2.75, 3.05) is 44.2 Å². The molecule has 1 fully saturated rings. The lowest BCUT2D eigenvalue weighted by Crippen LogP contribution is -2.46. The van der Waals surface area contributed by atoms with Gasteiger partial charge in [0.15, 0.2) is 9.84 Å². The fourth-order valence-electron chi connectivity index (χ4n) is 3.44. The summed E-state index contributed by atoms with van der Waals surface area (Å²) in [4.78, 5) is 16.2. The first-order valence-electron chi connectivity index (χ1n) is 8.96. The number of amides is 2. The van der Waals surface area contributed by atoms with E-state index in [1.807, 2.05) is 15.6 Å². The van der Waals surface area contributed by atoms with Gasteiger partial charge in [0.05, 0.1) is 17.5 Å². The molecule has 1 saturated heterocycles. The summed E-state index contributed by atoms with van der Waals surface area (Å²) in [6, 6.07) is 1.96. The van der Waals surface area contributed by atoms with Gasteiger partial charge in [0.2, 0.25) is 0 Å². The number of fused-ring (bicyclic) bond motifs is 1. The van der Waals surface area contributed by atoms with Crippen LogP contribution in [0.25, 0.3) is 0 Å². The van der Waals surface area contributed by atoms with Gasteiger partial charge in [0.25, 0.3) is 0 Å². The number of aromatic nitrogens is 2. The lowest BCUT2D eigenvalue weighted by molar-refractivity contribution is 0.174. The molecule has 1 aromatic heterocycles. The fourth-order valence-corrected chi connectivity index (χ4v) is 4.26. The summed E-state index contributed by atoms with van der Waals surface area (Å²) < 4.78 is 25.5. The highest BCUT2D eigenvalue weighted by molar-refractivity contribution is 7.91. The van der Waals surface area contributed by atoms with E-state index in [0.717, 1.165) is 31.6 Å². The molecule has 2 aliphatic rings. The first kappa shape index (κ1) is 18.2. The Morgan fingerprint density at radius 1 is 1.36 bits per heavy atom. The molecule has 9 heteroatoms.